The van der Waals surface area contributed by atoms with Crippen molar-refractivity contribution >= 4 is 5.91 Å². The van der Waals surface area contributed by atoms with E-state index in [2.05, 4.69) is 0 Å². The Morgan fingerprint density at radius 3 is 2.62 bits per heavy atom. The monoisotopic (exact) mass is 184 g/mol. The molecular weight excluding hydrogens is 164 g/mol. The third-order valence-corrected chi connectivity index (χ3v) is 2.74. The molecule has 1 fully saturated rings. The molecule has 0 saturated heterocycles. The van der Waals surface area contributed by atoms with E-state index in [0.717, 1.165) is 13.0 Å². The maximum absolute atomic E-state index is 11.5. The van der Waals surface area contributed by atoms with Gasteiger partial charge < -0.3 is 10.6 Å². The van der Waals surface area contributed by atoms with Crippen LogP contribution in [0.2, 0.25) is 0 Å². The molecule has 1 amide bonds. The fourth-order valence-electron chi connectivity index (χ4n) is 1.67. The topological polar surface area (TPSA) is 46.3 Å². The van der Waals surface area contributed by atoms with Gasteiger partial charge in [-0.2, -0.15) is 0 Å². The Labute approximate surface area is 80.3 Å². The molecule has 0 bridgehead atoms. The molecule has 0 unspecified atom stereocenters. The van der Waals surface area contributed by atoms with E-state index in [4.69, 9.17) is 5.73 Å². The summed E-state index contributed by atoms with van der Waals surface area (Å²) in [6.45, 7) is 3.46. The molecule has 76 valence electrons. The molecule has 0 aromatic rings. The highest BCUT2D eigenvalue weighted by Gasteiger charge is 2.26. The molecule has 3 nitrogen and oxygen atoms in total. The summed E-state index contributed by atoms with van der Waals surface area (Å²) in [5.74, 6) is 0.290. The predicted molar refractivity (Wildman–Crippen MR) is 53.3 cm³/mol. The fourth-order valence-corrected chi connectivity index (χ4v) is 1.67. The van der Waals surface area contributed by atoms with Crippen LogP contribution in [0.3, 0.4) is 0 Å². The van der Waals surface area contributed by atoms with Crippen molar-refractivity contribution in [3.8, 4) is 0 Å². The second-order valence-electron chi connectivity index (χ2n) is 3.67. The summed E-state index contributed by atoms with van der Waals surface area (Å²) < 4.78 is 0. The first kappa shape index (κ1) is 10.5. The van der Waals surface area contributed by atoms with Gasteiger partial charge in [0.05, 0.1) is 0 Å². The third-order valence-electron chi connectivity index (χ3n) is 2.74. The van der Waals surface area contributed by atoms with E-state index < -0.39 is 0 Å². The molecule has 0 atom stereocenters. The van der Waals surface area contributed by atoms with E-state index >= 15 is 0 Å². The molecule has 1 aliphatic rings. The number of rotatable bonds is 5. The highest BCUT2D eigenvalue weighted by atomic mass is 16.2. The van der Waals surface area contributed by atoms with Crippen molar-refractivity contribution in [3.63, 3.8) is 0 Å². The highest BCUT2D eigenvalue weighted by Crippen LogP contribution is 2.25. The zero-order valence-corrected chi connectivity index (χ0v) is 8.46. The lowest BCUT2D eigenvalue weighted by Crippen LogP contribution is -2.44. The Kier molecular flexibility index (Phi) is 4.22. The van der Waals surface area contributed by atoms with Crippen LogP contribution >= 0.6 is 0 Å². The molecule has 0 spiro atoms. The smallest absolute Gasteiger partial charge is 0.222 e. The molecule has 1 rings (SSSR count). The van der Waals surface area contributed by atoms with Gasteiger partial charge in [0.15, 0.2) is 0 Å². The average molecular weight is 184 g/mol. The molecule has 2 N–H and O–H groups in total. The summed E-state index contributed by atoms with van der Waals surface area (Å²) in [4.78, 5) is 13.6. The van der Waals surface area contributed by atoms with Crippen LogP contribution in [0.5, 0.6) is 0 Å². The predicted octanol–water partition coefficient (Wildman–Crippen LogP) is 1.13. The number of carbonyl (C=O) groups is 1. The first-order valence-corrected chi connectivity index (χ1v) is 5.29. The quantitative estimate of drug-likeness (QED) is 0.696. The number of hydrogen-bond acceptors (Lipinski definition) is 2. The van der Waals surface area contributed by atoms with E-state index in [1.165, 1.54) is 19.3 Å². The summed E-state index contributed by atoms with van der Waals surface area (Å²) in [5.41, 5.74) is 5.44. The van der Waals surface area contributed by atoms with Gasteiger partial charge in [-0.05, 0) is 32.2 Å². The van der Waals surface area contributed by atoms with E-state index in [1.807, 2.05) is 11.8 Å². The van der Waals surface area contributed by atoms with Crippen LogP contribution in [-0.2, 0) is 4.79 Å². The van der Waals surface area contributed by atoms with Crippen molar-refractivity contribution in [2.24, 2.45) is 5.73 Å². The lowest BCUT2D eigenvalue weighted by atomic mass is 9.91. The van der Waals surface area contributed by atoms with E-state index in [1.54, 1.807) is 0 Å². The molecule has 1 saturated carbocycles. The SMILES string of the molecule is CCC(=O)N(CCCN)C1CCC1. The summed E-state index contributed by atoms with van der Waals surface area (Å²) in [7, 11) is 0. The van der Waals surface area contributed by atoms with E-state index in [-0.39, 0.29) is 5.91 Å². The highest BCUT2D eigenvalue weighted by molar-refractivity contribution is 5.76. The van der Waals surface area contributed by atoms with E-state index in [0.29, 0.717) is 19.0 Å². The Hall–Kier alpha value is -0.570. The number of hydrogen-bond donors (Lipinski definition) is 1. The van der Waals surface area contributed by atoms with Crippen LogP contribution < -0.4 is 5.73 Å². The molecular formula is C10H20N2O. The zero-order valence-electron chi connectivity index (χ0n) is 8.46. The molecule has 0 aromatic carbocycles. The van der Waals surface area contributed by atoms with Gasteiger partial charge in [-0.25, -0.2) is 0 Å². The van der Waals surface area contributed by atoms with Crippen LogP contribution in [0.15, 0.2) is 0 Å². The molecule has 0 aliphatic heterocycles. The van der Waals surface area contributed by atoms with Gasteiger partial charge in [0.25, 0.3) is 0 Å². The Balaban J connectivity index is 2.37. The lowest BCUT2D eigenvalue weighted by Gasteiger charge is -2.37. The normalized spacial score (nSPS) is 16.8. The minimum absolute atomic E-state index is 0.290. The first-order chi connectivity index (χ1) is 6.29. The molecule has 0 aromatic heterocycles. The van der Waals surface area contributed by atoms with Crippen molar-refractivity contribution in [2.75, 3.05) is 13.1 Å². The molecule has 1 aliphatic carbocycles. The maximum Gasteiger partial charge on any atom is 0.222 e. The third kappa shape index (κ3) is 2.69. The first-order valence-electron chi connectivity index (χ1n) is 5.29. The Bertz CT molecular complexity index is 166. The summed E-state index contributed by atoms with van der Waals surface area (Å²) in [6.07, 6.45) is 5.22. The van der Waals surface area contributed by atoms with Crippen molar-refractivity contribution in [3.05, 3.63) is 0 Å². The van der Waals surface area contributed by atoms with Gasteiger partial charge in [0, 0.05) is 19.0 Å². The summed E-state index contributed by atoms with van der Waals surface area (Å²) in [5, 5.41) is 0. The average Bonchev–Trinajstić information content (AvgIpc) is 2.07. The van der Waals surface area contributed by atoms with Crippen LogP contribution in [-0.4, -0.2) is 29.9 Å². The van der Waals surface area contributed by atoms with Crippen molar-refractivity contribution in [1.29, 1.82) is 0 Å². The van der Waals surface area contributed by atoms with Gasteiger partial charge in [-0.1, -0.05) is 6.92 Å². The molecule has 13 heavy (non-hydrogen) atoms. The molecule has 0 radical (unpaired) electrons. The lowest BCUT2D eigenvalue weighted by molar-refractivity contribution is -0.134. The summed E-state index contributed by atoms with van der Waals surface area (Å²) in [6, 6.07) is 0.527. The number of amides is 1. The van der Waals surface area contributed by atoms with E-state index in [9.17, 15) is 4.79 Å². The van der Waals surface area contributed by atoms with Crippen LogP contribution in [0, 0.1) is 0 Å². The number of nitrogens with two attached hydrogens (primary N) is 1. The fraction of sp³-hybridized carbons (Fsp3) is 0.900. The van der Waals surface area contributed by atoms with Gasteiger partial charge in [-0.3, -0.25) is 4.79 Å². The second-order valence-corrected chi connectivity index (χ2v) is 3.67. The van der Waals surface area contributed by atoms with Gasteiger partial charge >= 0.3 is 0 Å². The number of nitrogens with zero attached hydrogens (tertiary/aromatic N) is 1. The minimum atomic E-state index is 0.290. The Morgan fingerprint density at radius 1 is 1.54 bits per heavy atom. The summed E-state index contributed by atoms with van der Waals surface area (Å²) >= 11 is 0. The van der Waals surface area contributed by atoms with Gasteiger partial charge in [0.1, 0.15) is 0 Å². The van der Waals surface area contributed by atoms with Crippen molar-refractivity contribution in [1.82, 2.24) is 4.90 Å². The van der Waals surface area contributed by atoms with Gasteiger partial charge in [0.2, 0.25) is 5.91 Å². The van der Waals surface area contributed by atoms with Crippen LogP contribution in [0.25, 0.3) is 0 Å². The molecule has 3 heteroatoms. The standard InChI is InChI=1S/C10H20N2O/c1-2-10(13)12(8-4-7-11)9-5-3-6-9/h9H,2-8,11H2,1H3. The largest absolute Gasteiger partial charge is 0.340 e. The second kappa shape index (κ2) is 5.22. The van der Waals surface area contributed by atoms with Crippen molar-refractivity contribution in [2.45, 2.75) is 45.1 Å². The zero-order chi connectivity index (χ0) is 9.68. The van der Waals surface area contributed by atoms with Gasteiger partial charge in [-0.15, -0.1) is 0 Å². The minimum Gasteiger partial charge on any atom is -0.340 e. The molecule has 0 heterocycles. The number of carbonyl (C=O) groups excluding carboxylic acids is 1. The van der Waals surface area contributed by atoms with Crippen molar-refractivity contribution < 1.29 is 4.79 Å². The Morgan fingerprint density at radius 2 is 2.23 bits per heavy atom. The maximum atomic E-state index is 11.5. The van der Waals surface area contributed by atoms with Crippen LogP contribution in [0.4, 0.5) is 0 Å². The van der Waals surface area contributed by atoms with Crippen LogP contribution in [0.1, 0.15) is 39.0 Å².